The molecule has 6 nitrogen and oxygen atoms in total. The molecule has 0 fully saturated rings. The Morgan fingerprint density at radius 2 is 2.05 bits per heavy atom. The number of halogens is 1. The van der Waals surface area contributed by atoms with E-state index in [1.807, 2.05) is 6.92 Å². The van der Waals surface area contributed by atoms with Gasteiger partial charge in [0.1, 0.15) is 0 Å². The molecule has 0 aliphatic rings. The van der Waals surface area contributed by atoms with Crippen molar-refractivity contribution in [3.63, 3.8) is 0 Å². The van der Waals surface area contributed by atoms with Crippen molar-refractivity contribution in [1.29, 1.82) is 0 Å². The highest BCUT2D eigenvalue weighted by Crippen LogP contribution is 2.21. The second-order valence-corrected chi connectivity index (χ2v) is 4.99. The summed E-state index contributed by atoms with van der Waals surface area (Å²) in [6.07, 6.45) is 0.772. The average molecular weight is 345 g/mol. The molecule has 0 aromatic heterocycles. The van der Waals surface area contributed by atoms with Crippen molar-refractivity contribution in [3.05, 3.63) is 28.2 Å². The molecule has 0 bridgehead atoms. The molecule has 1 aromatic rings. The number of urea groups is 1. The van der Waals surface area contributed by atoms with Gasteiger partial charge in [-0.25, -0.2) is 9.59 Å². The van der Waals surface area contributed by atoms with Crippen LogP contribution in [-0.4, -0.2) is 46.8 Å². The van der Waals surface area contributed by atoms with E-state index in [1.165, 1.54) is 11.0 Å². The molecule has 0 heterocycles. The molecule has 1 aromatic carbocycles. The number of aromatic carboxylic acids is 1. The Kier molecular flexibility index (Phi) is 6.47. The number of anilines is 1. The Labute approximate surface area is 125 Å². The number of amides is 2. The number of nitrogens with one attached hydrogen (secondary N) is 1. The van der Waals surface area contributed by atoms with Crippen LogP contribution in [0.4, 0.5) is 10.5 Å². The molecule has 0 saturated carbocycles. The minimum atomic E-state index is -1.08. The largest absolute Gasteiger partial charge is 0.478 e. The number of nitrogens with zero attached hydrogens (tertiary/aromatic N) is 1. The van der Waals surface area contributed by atoms with Gasteiger partial charge in [-0.1, -0.05) is 6.92 Å². The molecule has 110 valence electrons. The highest BCUT2D eigenvalue weighted by Gasteiger charge is 2.14. The zero-order chi connectivity index (χ0) is 15.1. The van der Waals surface area contributed by atoms with Crippen LogP contribution >= 0.6 is 15.9 Å². The third kappa shape index (κ3) is 4.50. The molecule has 0 radical (unpaired) electrons. The smallest absolute Gasteiger partial charge is 0.336 e. The number of benzene rings is 1. The van der Waals surface area contributed by atoms with Gasteiger partial charge >= 0.3 is 12.0 Å². The molecule has 7 heteroatoms. The van der Waals surface area contributed by atoms with Gasteiger partial charge in [-0.05, 0) is 40.5 Å². The van der Waals surface area contributed by atoms with Crippen LogP contribution in [0.1, 0.15) is 23.7 Å². The van der Waals surface area contributed by atoms with E-state index in [0.717, 1.165) is 6.42 Å². The summed E-state index contributed by atoms with van der Waals surface area (Å²) in [6.45, 7) is 2.57. The molecule has 0 unspecified atom stereocenters. The minimum absolute atomic E-state index is 0.0759. The lowest BCUT2D eigenvalue weighted by Gasteiger charge is -2.21. The van der Waals surface area contributed by atoms with Crippen LogP contribution in [0.15, 0.2) is 22.7 Å². The normalized spacial score (nSPS) is 10.2. The molecule has 1 rings (SSSR count). The molecule has 2 amide bonds. The Morgan fingerprint density at radius 1 is 1.35 bits per heavy atom. The molecule has 3 N–H and O–H groups in total. The van der Waals surface area contributed by atoms with Crippen LogP contribution in [0.2, 0.25) is 0 Å². The third-order valence-corrected chi connectivity index (χ3v) is 3.29. The van der Waals surface area contributed by atoms with Crippen molar-refractivity contribution in [2.24, 2.45) is 0 Å². The number of rotatable bonds is 6. The monoisotopic (exact) mass is 344 g/mol. The van der Waals surface area contributed by atoms with E-state index in [2.05, 4.69) is 21.2 Å². The first-order chi connectivity index (χ1) is 9.49. The summed E-state index contributed by atoms with van der Waals surface area (Å²) in [5.74, 6) is -1.08. The second kappa shape index (κ2) is 7.86. The summed E-state index contributed by atoms with van der Waals surface area (Å²) in [6, 6.07) is 4.19. The first-order valence-corrected chi connectivity index (χ1v) is 6.98. The Morgan fingerprint density at radius 3 is 2.60 bits per heavy atom. The zero-order valence-electron chi connectivity index (χ0n) is 11.1. The van der Waals surface area contributed by atoms with Gasteiger partial charge in [0.2, 0.25) is 0 Å². The number of carbonyl (C=O) groups excluding carboxylic acids is 1. The van der Waals surface area contributed by atoms with Crippen LogP contribution in [0.25, 0.3) is 0 Å². The number of carbonyl (C=O) groups is 2. The van der Waals surface area contributed by atoms with Crippen molar-refractivity contribution in [1.82, 2.24) is 4.90 Å². The number of aliphatic hydroxyl groups excluding tert-OH is 1. The van der Waals surface area contributed by atoms with Crippen LogP contribution in [0.5, 0.6) is 0 Å². The first kappa shape index (κ1) is 16.5. The maximum absolute atomic E-state index is 12.0. The fraction of sp³-hybridized carbons (Fsp3) is 0.385. The van der Waals surface area contributed by atoms with E-state index in [-0.39, 0.29) is 24.7 Å². The van der Waals surface area contributed by atoms with Gasteiger partial charge in [-0.15, -0.1) is 0 Å². The van der Waals surface area contributed by atoms with Crippen LogP contribution in [0.3, 0.4) is 0 Å². The maximum Gasteiger partial charge on any atom is 0.336 e. The molecular weight excluding hydrogens is 328 g/mol. The number of carboxylic acid groups (broad SMARTS) is 1. The quantitative estimate of drug-likeness (QED) is 0.738. The van der Waals surface area contributed by atoms with Gasteiger partial charge in [-0.3, -0.25) is 0 Å². The summed E-state index contributed by atoms with van der Waals surface area (Å²) in [7, 11) is 0. The van der Waals surface area contributed by atoms with Gasteiger partial charge in [0.05, 0.1) is 12.2 Å². The summed E-state index contributed by atoms with van der Waals surface area (Å²) in [5, 5.41) is 20.6. The first-order valence-electron chi connectivity index (χ1n) is 6.19. The third-order valence-electron chi connectivity index (χ3n) is 2.60. The van der Waals surface area contributed by atoms with Gasteiger partial charge in [-0.2, -0.15) is 0 Å². The molecule has 0 aliphatic heterocycles. The van der Waals surface area contributed by atoms with Gasteiger partial charge in [0.15, 0.2) is 0 Å². The van der Waals surface area contributed by atoms with E-state index >= 15 is 0 Å². The van der Waals surface area contributed by atoms with Crippen LogP contribution < -0.4 is 5.32 Å². The second-order valence-electron chi connectivity index (χ2n) is 4.14. The van der Waals surface area contributed by atoms with Crippen molar-refractivity contribution in [2.45, 2.75) is 13.3 Å². The molecule has 0 atom stereocenters. The molecule has 20 heavy (non-hydrogen) atoms. The number of aliphatic hydroxyl groups is 1. The topological polar surface area (TPSA) is 89.9 Å². The molecule has 0 spiro atoms. The van der Waals surface area contributed by atoms with Gasteiger partial charge in [0.25, 0.3) is 0 Å². The number of hydrogen-bond acceptors (Lipinski definition) is 3. The Bertz CT molecular complexity index is 487. The maximum atomic E-state index is 12.0. The van der Waals surface area contributed by atoms with E-state index in [9.17, 15) is 9.59 Å². The van der Waals surface area contributed by atoms with Crippen molar-refractivity contribution >= 4 is 33.6 Å². The average Bonchev–Trinajstić information content (AvgIpc) is 2.40. The Hall–Kier alpha value is -1.60. The number of carboxylic acids is 1. The fourth-order valence-corrected chi connectivity index (χ4v) is 2.09. The van der Waals surface area contributed by atoms with E-state index < -0.39 is 5.97 Å². The predicted molar refractivity (Wildman–Crippen MR) is 79.1 cm³/mol. The minimum Gasteiger partial charge on any atom is -0.478 e. The van der Waals surface area contributed by atoms with E-state index in [1.54, 1.807) is 12.1 Å². The lowest BCUT2D eigenvalue weighted by molar-refractivity contribution is 0.0696. The SMILES string of the molecule is CCCN(CCO)C(=O)Nc1ccc(Br)c(C(=O)O)c1. The summed E-state index contributed by atoms with van der Waals surface area (Å²) < 4.78 is 0.448. The lowest BCUT2D eigenvalue weighted by atomic mass is 10.2. The standard InChI is InChI=1S/C13H17BrN2O4/c1-2-5-16(6-7-17)13(20)15-9-3-4-11(14)10(8-9)12(18)19/h3-4,8,17H,2,5-7H2,1H3,(H,15,20)(H,18,19). The highest BCUT2D eigenvalue weighted by atomic mass is 79.9. The van der Waals surface area contributed by atoms with Crippen LogP contribution in [-0.2, 0) is 0 Å². The van der Waals surface area contributed by atoms with Crippen LogP contribution in [0, 0.1) is 0 Å². The summed E-state index contributed by atoms with van der Waals surface area (Å²) in [4.78, 5) is 24.5. The molecular formula is C13H17BrN2O4. The predicted octanol–water partition coefficient (Wildman–Crippen LogP) is 2.38. The number of hydrogen-bond donors (Lipinski definition) is 3. The van der Waals surface area contributed by atoms with Gasteiger partial charge < -0.3 is 20.4 Å². The van der Waals surface area contributed by atoms with Crippen molar-refractivity contribution in [2.75, 3.05) is 25.0 Å². The molecule has 0 aliphatic carbocycles. The summed E-state index contributed by atoms with van der Waals surface area (Å²) in [5.41, 5.74) is 0.474. The van der Waals surface area contributed by atoms with Crippen molar-refractivity contribution in [3.8, 4) is 0 Å². The zero-order valence-corrected chi connectivity index (χ0v) is 12.7. The summed E-state index contributed by atoms with van der Waals surface area (Å²) >= 11 is 3.14. The van der Waals surface area contributed by atoms with Gasteiger partial charge in [0, 0.05) is 23.2 Å². The fourth-order valence-electron chi connectivity index (χ4n) is 1.67. The lowest BCUT2D eigenvalue weighted by Crippen LogP contribution is -2.37. The Balaban J connectivity index is 2.84. The van der Waals surface area contributed by atoms with E-state index in [0.29, 0.717) is 16.7 Å². The molecule has 0 saturated heterocycles. The van der Waals surface area contributed by atoms with E-state index in [4.69, 9.17) is 10.2 Å². The van der Waals surface area contributed by atoms with Crippen molar-refractivity contribution < 1.29 is 19.8 Å². The highest BCUT2D eigenvalue weighted by molar-refractivity contribution is 9.10.